The van der Waals surface area contributed by atoms with Gasteiger partial charge in [-0.3, -0.25) is 4.79 Å². The number of carbonyl (C=O) groups excluding carboxylic acids is 1. The molecule has 0 aliphatic heterocycles. The predicted octanol–water partition coefficient (Wildman–Crippen LogP) is 3.77. The van der Waals surface area contributed by atoms with Gasteiger partial charge in [-0.1, -0.05) is 19.9 Å². The molecule has 20 heavy (non-hydrogen) atoms. The van der Waals surface area contributed by atoms with Crippen molar-refractivity contribution in [1.29, 1.82) is 0 Å². The van der Waals surface area contributed by atoms with Crippen molar-refractivity contribution in [3.63, 3.8) is 0 Å². The Morgan fingerprint density at radius 3 is 2.75 bits per heavy atom. The van der Waals surface area contributed by atoms with Crippen LogP contribution in [-0.4, -0.2) is 17.6 Å². The van der Waals surface area contributed by atoms with Crippen molar-refractivity contribution >= 4 is 39.8 Å². The van der Waals surface area contributed by atoms with Crippen LogP contribution in [0.3, 0.4) is 0 Å². The van der Waals surface area contributed by atoms with E-state index in [-0.39, 0.29) is 17.1 Å². The number of phenolic OH excluding ortho intramolecular Hbond substituents is 1. The number of phenols is 1. The van der Waals surface area contributed by atoms with Crippen LogP contribution >= 0.6 is 33.9 Å². The van der Waals surface area contributed by atoms with E-state index in [0.29, 0.717) is 12.1 Å². The molecule has 2 aromatic rings. The summed E-state index contributed by atoms with van der Waals surface area (Å²) in [5, 5.41) is 14.6. The Balaban J connectivity index is 2.03. The molecule has 2 rings (SSSR count). The lowest BCUT2D eigenvalue weighted by atomic mass is 9.91. The highest BCUT2D eigenvalue weighted by Crippen LogP contribution is 2.27. The van der Waals surface area contributed by atoms with Gasteiger partial charge in [-0.25, -0.2) is 0 Å². The molecule has 0 atom stereocenters. The predicted molar refractivity (Wildman–Crippen MR) is 90.5 cm³/mol. The molecule has 0 bridgehead atoms. The van der Waals surface area contributed by atoms with Crippen molar-refractivity contribution in [2.24, 2.45) is 0 Å². The molecular formula is C15H16INO2S. The number of aromatic hydroxyl groups is 1. The third-order valence-electron chi connectivity index (χ3n) is 3.09. The molecule has 3 nitrogen and oxygen atoms in total. The van der Waals surface area contributed by atoms with E-state index in [1.165, 1.54) is 10.9 Å². The van der Waals surface area contributed by atoms with Crippen LogP contribution in [-0.2, 0) is 5.41 Å². The average molecular weight is 401 g/mol. The van der Waals surface area contributed by atoms with E-state index in [0.717, 1.165) is 3.57 Å². The number of hydrogen-bond acceptors (Lipinski definition) is 3. The molecule has 1 aromatic heterocycles. The van der Waals surface area contributed by atoms with Gasteiger partial charge in [0.2, 0.25) is 0 Å². The average Bonchev–Trinajstić information content (AvgIpc) is 2.94. The fourth-order valence-electron chi connectivity index (χ4n) is 1.81. The molecule has 0 aliphatic rings. The van der Waals surface area contributed by atoms with Crippen molar-refractivity contribution < 1.29 is 9.90 Å². The maximum Gasteiger partial charge on any atom is 0.251 e. The normalized spacial score (nSPS) is 11.3. The minimum atomic E-state index is -0.165. The summed E-state index contributed by atoms with van der Waals surface area (Å²) in [6.45, 7) is 4.76. The lowest BCUT2D eigenvalue weighted by Crippen LogP contribution is -2.36. The van der Waals surface area contributed by atoms with Crippen LogP contribution in [0.5, 0.6) is 5.75 Å². The van der Waals surface area contributed by atoms with Gasteiger partial charge < -0.3 is 10.4 Å². The number of carbonyl (C=O) groups is 1. The first kappa shape index (κ1) is 15.3. The SMILES string of the molecule is CC(C)(CNC(=O)c1ccc(I)c(O)c1)c1cccs1. The summed E-state index contributed by atoms with van der Waals surface area (Å²) in [4.78, 5) is 13.3. The van der Waals surface area contributed by atoms with Crippen LogP contribution in [0.1, 0.15) is 29.1 Å². The molecule has 0 unspecified atom stereocenters. The van der Waals surface area contributed by atoms with Gasteiger partial charge in [0.15, 0.2) is 0 Å². The van der Waals surface area contributed by atoms with Crippen molar-refractivity contribution in [2.45, 2.75) is 19.3 Å². The summed E-state index contributed by atoms with van der Waals surface area (Å²) < 4.78 is 0.734. The molecule has 0 saturated heterocycles. The van der Waals surface area contributed by atoms with Gasteiger partial charge in [0.1, 0.15) is 5.75 Å². The Kier molecular flexibility index (Phi) is 4.70. The molecular weight excluding hydrogens is 385 g/mol. The molecule has 0 aliphatic carbocycles. The topological polar surface area (TPSA) is 49.3 Å². The molecule has 5 heteroatoms. The van der Waals surface area contributed by atoms with Gasteiger partial charge in [0.05, 0.1) is 3.57 Å². The minimum absolute atomic E-state index is 0.102. The Labute approximate surface area is 136 Å². The first-order valence-corrected chi connectivity index (χ1v) is 8.17. The molecule has 1 amide bonds. The van der Waals surface area contributed by atoms with Crippen LogP contribution in [0.2, 0.25) is 0 Å². The van der Waals surface area contributed by atoms with Gasteiger partial charge in [0.25, 0.3) is 5.91 Å². The molecule has 106 valence electrons. The number of amides is 1. The largest absolute Gasteiger partial charge is 0.507 e. The van der Waals surface area contributed by atoms with Crippen LogP contribution < -0.4 is 5.32 Å². The number of halogens is 1. The second kappa shape index (κ2) is 6.13. The molecule has 0 fully saturated rings. The Hall–Kier alpha value is -1.08. The summed E-state index contributed by atoms with van der Waals surface area (Å²) in [6, 6.07) is 9.04. The first-order valence-electron chi connectivity index (χ1n) is 6.21. The number of benzene rings is 1. The van der Waals surface area contributed by atoms with Gasteiger partial charge in [-0.15, -0.1) is 11.3 Å². The highest BCUT2D eigenvalue weighted by atomic mass is 127. The third-order valence-corrected chi connectivity index (χ3v) is 5.24. The summed E-state index contributed by atoms with van der Waals surface area (Å²) >= 11 is 3.71. The molecule has 1 heterocycles. The Bertz CT molecular complexity index is 608. The first-order chi connectivity index (χ1) is 9.40. The zero-order valence-corrected chi connectivity index (χ0v) is 14.3. The lowest BCUT2D eigenvalue weighted by Gasteiger charge is -2.23. The number of nitrogens with one attached hydrogen (secondary N) is 1. The number of hydrogen-bond donors (Lipinski definition) is 2. The second-order valence-electron chi connectivity index (χ2n) is 5.21. The fourth-order valence-corrected chi connectivity index (χ4v) is 3.00. The summed E-state index contributed by atoms with van der Waals surface area (Å²) in [5.74, 6) is -0.0305. The highest BCUT2D eigenvalue weighted by Gasteiger charge is 2.22. The third kappa shape index (κ3) is 3.52. The van der Waals surface area contributed by atoms with Crippen molar-refractivity contribution in [1.82, 2.24) is 5.32 Å². The summed E-state index contributed by atoms with van der Waals surface area (Å²) in [5.41, 5.74) is 0.375. The monoisotopic (exact) mass is 401 g/mol. The molecule has 1 aromatic carbocycles. The quantitative estimate of drug-likeness (QED) is 0.767. The van der Waals surface area contributed by atoms with E-state index < -0.39 is 0 Å². The van der Waals surface area contributed by atoms with E-state index in [1.807, 2.05) is 34.0 Å². The Morgan fingerprint density at radius 2 is 2.15 bits per heavy atom. The summed E-state index contributed by atoms with van der Waals surface area (Å²) in [6.07, 6.45) is 0. The minimum Gasteiger partial charge on any atom is -0.507 e. The van der Waals surface area contributed by atoms with E-state index in [2.05, 4.69) is 25.2 Å². The molecule has 2 N–H and O–H groups in total. The smallest absolute Gasteiger partial charge is 0.251 e. The lowest BCUT2D eigenvalue weighted by molar-refractivity contribution is 0.0945. The number of rotatable bonds is 4. The van der Waals surface area contributed by atoms with Gasteiger partial charge in [0, 0.05) is 22.4 Å². The number of thiophene rings is 1. The van der Waals surface area contributed by atoms with Crippen molar-refractivity contribution in [2.75, 3.05) is 6.54 Å². The van der Waals surface area contributed by atoms with E-state index in [1.54, 1.807) is 23.5 Å². The second-order valence-corrected chi connectivity index (χ2v) is 7.32. The zero-order valence-electron chi connectivity index (χ0n) is 11.3. The van der Waals surface area contributed by atoms with E-state index in [4.69, 9.17) is 0 Å². The maximum atomic E-state index is 12.1. The van der Waals surface area contributed by atoms with Gasteiger partial charge >= 0.3 is 0 Å². The standard InChI is InChI=1S/C15H16INO2S/c1-15(2,13-4-3-7-20-13)9-17-14(19)10-5-6-11(16)12(18)8-10/h3-8,18H,9H2,1-2H3,(H,17,19). The van der Waals surface area contributed by atoms with Crippen molar-refractivity contribution in [3.05, 3.63) is 49.7 Å². The fraction of sp³-hybridized carbons (Fsp3) is 0.267. The maximum absolute atomic E-state index is 12.1. The van der Waals surface area contributed by atoms with Gasteiger partial charge in [-0.2, -0.15) is 0 Å². The zero-order chi connectivity index (χ0) is 14.8. The van der Waals surface area contributed by atoms with Crippen LogP contribution in [0, 0.1) is 3.57 Å². The summed E-state index contributed by atoms with van der Waals surface area (Å²) in [7, 11) is 0. The molecule has 0 spiro atoms. The van der Waals surface area contributed by atoms with Gasteiger partial charge in [-0.05, 0) is 52.2 Å². The van der Waals surface area contributed by atoms with E-state index >= 15 is 0 Å². The van der Waals surface area contributed by atoms with Crippen LogP contribution in [0.25, 0.3) is 0 Å². The Morgan fingerprint density at radius 1 is 1.40 bits per heavy atom. The van der Waals surface area contributed by atoms with Crippen LogP contribution in [0.15, 0.2) is 35.7 Å². The van der Waals surface area contributed by atoms with Crippen LogP contribution in [0.4, 0.5) is 0 Å². The molecule has 0 saturated carbocycles. The van der Waals surface area contributed by atoms with E-state index in [9.17, 15) is 9.90 Å². The molecule has 0 radical (unpaired) electrons. The highest BCUT2D eigenvalue weighted by molar-refractivity contribution is 14.1. The van der Waals surface area contributed by atoms with Crippen molar-refractivity contribution in [3.8, 4) is 5.75 Å².